The van der Waals surface area contributed by atoms with E-state index in [2.05, 4.69) is 16.3 Å². The number of para-hydroxylation sites is 1. The van der Waals surface area contributed by atoms with Gasteiger partial charge >= 0.3 is 0 Å². The van der Waals surface area contributed by atoms with E-state index in [1.54, 1.807) is 0 Å². The van der Waals surface area contributed by atoms with Crippen molar-refractivity contribution in [2.24, 2.45) is 17.8 Å². The summed E-state index contributed by atoms with van der Waals surface area (Å²) in [6, 6.07) is 17.7. The molecule has 0 radical (unpaired) electrons. The van der Waals surface area contributed by atoms with E-state index in [-0.39, 0.29) is 17.9 Å². The monoisotopic (exact) mass is 405 g/mol. The summed E-state index contributed by atoms with van der Waals surface area (Å²) < 4.78 is 0. The zero-order valence-electron chi connectivity index (χ0n) is 17.3. The Kier molecular flexibility index (Phi) is 5.03. The Labute approximate surface area is 178 Å². The highest BCUT2D eigenvalue weighted by Crippen LogP contribution is 2.47. The molecule has 0 spiro atoms. The highest BCUT2D eigenvalue weighted by atomic mass is 16.3. The number of nitrogens with two attached hydrogens (primary N) is 1. The topological polar surface area (TPSA) is 78.6 Å². The third-order valence-corrected chi connectivity index (χ3v) is 7.52. The number of likely N-dealkylation sites (tertiary alicyclic amines) is 1. The van der Waals surface area contributed by atoms with Gasteiger partial charge in [0.1, 0.15) is 0 Å². The van der Waals surface area contributed by atoms with E-state index in [0.717, 1.165) is 56.6 Å². The van der Waals surface area contributed by atoms with Crippen molar-refractivity contribution in [2.75, 3.05) is 18.8 Å². The van der Waals surface area contributed by atoms with E-state index in [1.165, 1.54) is 5.56 Å². The minimum absolute atomic E-state index is 0.00366. The van der Waals surface area contributed by atoms with Crippen LogP contribution in [0.3, 0.4) is 0 Å². The van der Waals surface area contributed by atoms with Crippen molar-refractivity contribution in [1.82, 2.24) is 10.2 Å². The molecule has 4 atom stereocenters. The van der Waals surface area contributed by atoms with E-state index in [1.807, 2.05) is 48.5 Å². The molecule has 2 aliphatic carbocycles. The van der Waals surface area contributed by atoms with Crippen molar-refractivity contribution in [1.29, 1.82) is 0 Å². The van der Waals surface area contributed by atoms with Crippen LogP contribution in [0.25, 0.3) is 0 Å². The molecule has 30 heavy (non-hydrogen) atoms. The van der Waals surface area contributed by atoms with Gasteiger partial charge in [0.2, 0.25) is 0 Å². The fourth-order valence-corrected chi connectivity index (χ4v) is 5.73. The number of nitrogens with zero attached hydrogens (tertiary/aromatic N) is 1. The van der Waals surface area contributed by atoms with Crippen LogP contribution < -0.4 is 11.1 Å². The second-order valence-corrected chi connectivity index (χ2v) is 9.33. The summed E-state index contributed by atoms with van der Waals surface area (Å²) in [6.45, 7) is 2.80. The molecule has 3 fully saturated rings. The predicted molar refractivity (Wildman–Crippen MR) is 117 cm³/mol. The quantitative estimate of drug-likeness (QED) is 0.646. The molecule has 1 saturated heterocycles. The van der Waals surface area contributed by atoms with Crippen LogP contribution in [0, 0.1) is 17.8 Å². The van der Waals surface area contributed by atoms with E-state index >= 15 is 0 Å². The van der Waals surface area contributed by atoms with Crippen LogP contribution >= 0.6 is 0 Å². The van der Waals surface area contributed by atoms with Gasteiger partial charge < -0.3 is 16.2 Å². The minimum Gasteiger partial charge on any atom is -0.398 e. The Morgan fingerprint density at radius 2 is 1.67 bits per heavy atom. The minimum atomic E-state index is -1.42. The molecule has 5 nitrogen and oxygen atoms in total. The molecule has 2 saturated carbocycles. The van der Waals surface area contributed by atoms with Crippen LogP contribution in [0.4, 0.5) is 5.69 Å². The van der Waals surface area contributed by atoms with Crippen LogP contribution in [-0.4, -0.2) is 35.0 Å². The molecule has 4 N–H and O–H groups in total. The van der Waals surface area contributed by atoms with Gasteiger partial charge in [-0.2, -0.15) is 0 Å². The van der Waals surface area contributed by atoms with E-state index < -0.39 is 5.60 Å². The summed E-state index contributed by atoms with van der Waals surface area (Å²) >= 11 is 0. The van der Waals surface area contributed by atoms with Gasteiger partial charge in [-0.1, -0.05) is 61.4 Å². The number of carbonyl (C=O) groups excluding carboxylic acids is 1. The summed E-state index contributed by atoms with van der Waals surface area (Å²) in [5.74, 6) is 0.736. The molecule has 1 amide bonds. The number of piperidine rings is 1. The molecule has 5 rings (SSSR count). The van der Waals surface area contributed by atoms with Crippen molar-refractivity contribution in [3.8, 4) is 0 Å². The summed E-state index contributed by atoms with van der Waals surface area (Å²) in [5, 5.41) is 14.9. The smallest absolute Gasteiger partial charge is 0.257 e. The number of aliphatic hydroxyl groups is 1. The fraction of sp³-hybridized carbons (Fsp3) is 0.480. The second-order valence-electron chi connectivity index (χ2n) is 9.33. The molecular weight excluding hydrogens is 374 g/mol. The van der Waals surface area contributed by atoms with Crippen molar-refractivity contribution in [3.63, 3.8) is 0 Å². The molecule has 0 aromatic heterocycles. The van der Waals surface area contributed by atoms with Gasteiger partial charge in [0.05, 0.1) is 0 Å². The molecule has 0 bridgehead atoms. The Hall–Kier alpha value is -2.37. The highest BCUT2D eigenvalue weighted by Gasteiger charge is 2.58. The fourth-order valence-electron chi connectivity index (χ4n) is 5.73. The summed E-state index contributed by atoms with van der Waals surface area (Å²) in [7, 11) is 0. The molecule has 1 aliphatic heterocycles. The van der Waals surface area contributed by atoms with E-state index in [9.17, 15) is 9.90 Å². The number of anilines is 1. The molecule has 5 heteroatoms. The number of hydrogen-bond acceptors (Lipinski definition) is 4. The maximum absolute atomic E-state index is 13.4. The molecular formula is C25H31N3O2. The number of nitrogen functional groups attached to an aromatic ring is 1. The highest BCUT2D eigenvalue weighted by molar-refractivity contribution is 5.87. The summed E-state index contributed by atoms with van der Waals surface area (Å²) in [5.41, 5.74) is 7.39. The third-order valence-electron chi connectivity index (χ3n) is 7.52. The van der Waals surface area contributed by atoms with Crippen molar-refractivity contribution >= 4 is 11.6 Å². The molecule has 3 unspecified atom stereocenters. The number of fused-ring (bicyclic) bond motifs is 1. The van der Waals surface area contributed by atoms with Gasteiger partial charge in [0, 0.05) is 37.3 Å². The Bertz CT molecular complexity index is 900. The molecule has 158 valence electrons. The van der Waals surface area contributed by atoms with E-state index in [0.29, 0.717) is 11.8 Å². The first kappa shape index (κ1) is 19.6. The number of hydrogen-bond donors (Lipinski definition) is 3. The van der Waals surface area contributed by atoms with Gasteiger partial charge in [-0.15, -0.1) is 0 Å². The summed E-state index contributed by atoms with van der Waals surface area (Å²) in [4.78, 5) is 15.8. The zero-order valence-corrected chi connectivity index (χ0v) is 17.3. The van der Waals surface area contributed by atoms with Crippen LogP contribution in [-0.2, 0) is 16.9 Å². The third kappa shape index (κ3) is 3.40. The van der Waals surface area contributed by atoms with Crippen molar-refractivity contribution in [3.05, 3.63) is 65.7 Å². The Balaban J connectivity index is 1.24. The number of benzene rings is 2. The molecule has 1 heterocycles. The number of carbonyl (C=O) groups is 1. The lowest BCUT2D eigenvalue weighted by atomic mass is 9.79. The van der Waals surface area contributed by atoms with Gasteiger partial charge in [0.25, 0.3) is 5.91 Å². The van der Waals surface area contributed by atoms with Gasteiger partial charge in [-0.25, -0.2) is 0 Å². The van der Waals surface area contributed by atoms with E-state index in [4.69, 9.17) is 5.73 Å². The number of nitrogens with one attached hydrogen (secondary N) is 1. The zero-order chi connectivity index (χ0) is 20.7. The number of rotatable bonds is 6. The lowest BCUT2D eigenvalue weighted by Crippen LogP contribution is -2.50. The predicted octanol–water partition coefficient (Wildman–Crippen LogP) is 2.89. The Morgan fingerprint density at radius 3 is 2.33 bits per heavy atom. The molecule has 2 aromatic rings. The number of amides is 1. The van der Waals surface area contributed by atoms with Gasteiger partial charge in [-0.05, 0) is 41.9 Å². The Morgan fingerprint density at radius 1 is 1.03 bits per heavy atom. The second kappa shape index (κ2) is 7.71. The maximum Gasteiger partial charge on any atom is 0.257 e. The summed E-state index contributed by atoms with van der Waals surface area (Å²) in [6.07, 6.45) is 3.98. The SMILES string of the molecule is Nc1ccccc1CN1CC2C(NC(=O)C(O)(c3ccccc3)C3CCCC3)[C@H]2C1. The first-order valence-electron chi connectivity index (χ1n) is 11.2. The van der Waals surface area contributed by atoms with Gasteiger partial charge in [0.15, 0.2) is 5.60 Å². The van der Waals surface area contributed by atoms with Crippen LogP contribution in [0.1, 0.15) is 36.8 Å². The van der Waals surface area contributed by atoms with Crippen LogP contribution in [0.15, 0.2) is 54.6 Å². The lowest BCUT2D eigenvalue weighted by molar-refractivity contribution is -0.147. The molecule has 2 aromatic carbocycles. The first-order chi connectivity index (χ1) is 14.6. The van der Waals surface area contributed by atoms with Crippen LogP contribution in [0.5, 0.6) is 0 Å². The first-order valence-corrected chi connectivity index (χ1v) is 11.2. The lowest BCUT2D eigenvalue weighted by Gasteiger charge is -2.33. The van der Waals surface area contributed by atoms with Gasteiger partial charge in [-0.3, -0.25) is 9.69 Å². The van der Waals surface area contributed by atoms with Crippen molar-refractivity contribution in [2.45, 2.75) is 43.9 Å². The molecule has 3 aliphatic rings. The normalized spacial score (nSPS) is 28.1. The maximum atomic E-state index is 13.4. The van der Waals surface area contributed by atoms with Crippen LogP contribution in [0.2, 0.25) is 0 Å². The standard InChI is InChI=1S/C25H31N3O2/c26-22-13-7-4-8-17(22)14-28-15-20-21(16-28)23(20)27-24(29)25(30,19-11-5-6-12-19)18-9-2-1-3-10-18/h1-4,7-10,13,19-21,23,30H,5-6,11-12,14-16,26H2,(H,27,29)/t20-,21?,23?,25?/m0/s1. The average molecular weight is 406 g/mol. The van der Waals surface area contributed by atoms with Crippen molar-refractivity contribution < 1.29 is 9.90 Å². The largest absolute Gasteiger partial charge is 0.398 e. The average Bonchev–Trinajstić information content (AvgIpc) is 3.18.